The Morgan fingerprint density at radius 2 is 2.30 bits per heavy atom. The standard InChI is InChI=1S/C14H18N2O4/c1-2-6-14(13(17)18)7-8-15(10-14)11-4-3-5-12(9-11)16(19)20/h3-5,9H,2,6-8,10H2,1H3,(H,17,18). The topological polar surface area (TPSA) is 83.7 Å². The first kappa shape index (κ1) is 14.3. The van der Waals surface area contributed by atoms with Gasteiger partial charge in [-0.15, -0.1) is 0 Å². The number of rotatable bonds is 5. The highest BCUT2D eigenvalue weighted by molar-refractivity contribution is 5.77. The minimum absolute atomic E-state index is 0.0332. The number of aliphatic carboxylic acids is 1. The Balaban J connectivity index is 2.22. The van der Waals surface area contributed by atoms with Crippen LogP contribution in [0.15, 0.2) is 24.3 Å². The Morgan fingerprint density at radius 3 is 2.90 bits per heavy atom. The molecule has 2 rings (SSSR count). The molecule has 1 N–H and O–H groups in total. The highest BCUT2D eigenvalue weighted by Crippen LogP contribution is 2.38. The largest absolute Gasteiger partial charge is 0.481 e. The van der Waals surface area contributed by atoms with Crippen molar-refractivity contribution in [2.45, 2.75) is 26.2 Å². The molecule has 6 nitrogen and oxygen atoms in total. The summed E-state index contributed by atoms with van der Waals surface area (Å²) in [5, 5.41) is 20.3. The number of carbonyl (C=O) groups is 1. The lowest BCUT2D eigenvalue weighted by atomic mass is 9.83. The van der Waals surface area contributed by atoms with E-state index in [1.165, 1.54) is 12.1 Å². The van der Waals surface area contributed by atoms with E-state index in [0.29, 0.717) is 25.9 Å². The first-order valence-electron chi connectivity index (χ1n) is 6.71. The Labute approximate surface area is 117 Å². The second kappa shape index (κ2) is 5.48. The van der Waals surface area contributed by atoms with Crippen molar-refractivity contribution in [3.05, 3.63) is 34.4 Å². The summed E-state index contributed by atoms with van der Waals surface area (Å²) in [5.74, 6) is -0.771. The number of hydrogen-bond acceptors (Lipinski definition) is 4. The van der Waals surface area contributed by atoms with Crippen molar-refractivity contribution in [2.75, 3.05) is 18.0 Å². The first-order valence-corrected chi connectivity index (χ1v) is 6.71. The van der Waals surface area contributed by atoms with E-state index in [1.807, 2.05) is 11.8 Å². The Morgan fingerprint density at radius 1 is 1.55 bits per heavy atom. The van der Waals surface area contributed by atoms with Crippen LogP contribution in [0.1, 0.15) is 26.2 Å². The molecule has 0 aromatic heterocycles. The number of anilines is 1. The predicted molar refractivity (Wildman–Crippen MR) is 74.9 cm³/mol. The van der Waals surface area contributed by atoms with Crippen molar-refractivity contribution in [1.29, 1.82) is 0 Å². The summed E-state index contributed by atoms with van der Waals surface area (Å²) in [6.07, 6.45) is 2.03. The quantitative estimate of drug-likeness (QED) is 0.661. The zero-order chi connectivity index (χ0) is 14.8. The van der Waals surface area contributed by atoms with Crippen LogP contribution in [0.3, 0.4) is 0 Å². The second-order valence-electron chi connectivity index (χ2n) is 5.28. The lowest BCUT2D eigenvalue weighted by Crippen LogP contribution is -2.34. The van der Waals surface area contributed by atoms with E-state index in [4.69, 9.17) is 0 Å². The number of nitrogens with zero attached hydrogens (tertiary/aromatic N) is 2. The Hall–Kier alpha value is -2.11. The SMILES string of the molecule is CCCC1(C(=O)O)CCN(c2cccc([N+](=O)[O-])c2)C1. The summed E-state index contributed by atoms with van der Waals surface area (Å²) in [5.41, 5.74) is 0.0311. The normalized spacial score (nSPS) is 21.9. The molecule has 1 atom stereocenters. The number of nitro groups is 1. The van der Waals surface area contributed by atoms with E-state index < -0.39 is 16.3 Å². The zero-order valence-electron chi connectivity index (χ0n) is 11.4. The van der Waals surface area contributed by atoms with Crippen LogP contribution in [0.25, 0.3) is 0 Å². The molecule has 0 aliphatic carbocycles. The van der Waals surface area contributed by atoms with Gasteiger partial charge in [-0.25, -0.2) is 0 Å². The maximum Gasteiger partial charge on any atom is 0.311 e. The van der Waals surface area contributed by atoms with Crippen LogP contribution in [-0.4, -0.2) is 29.1 Å². The fourth-order valence-electron chi connectivity index (χ4n) is 2.86. The third-order valence-electron chi connectivity index (χ3n) is 3.94. The number of benzene rings is 1. The summed E-state index contributed by atoms with van der Waals surface area (Å²) in [6.45, 7) is 3.01. The van der Waals surface area contributed by atoms with Gasteiger partial charge in [-0.05, 0) is 18.9 Å². The van der Waals surface area contributed by atoms with Crippen molar-refractivity contribution < 1.29 is 14.8 Å². The molecule has 0 spiro atoms. The molecular formula is C14H18N2O4. The monoisotopic (exact) mass is 278 g/mol. The van der Waals surface area contributed by atoms with Gasteiger partial charge in [-0.1, -0.05) is 19.4 Å². The van der Waals surface area contributed by atoms with Crippen molar-refractivity contribution in [3.63, 3.8) is 0 Å². The molecule has 0 radical (unpaired) electrons. The molecule has 1 fully saturated rings. The van der Waals surface area contributed by atoms with Crippen molar-refractivity contribution in [1.82, 2.24) is 0 Å². The molecule has 1 unspecified atom stereocenters. The zero-order valence-corrected chi connectivity index (χ0v) is 11.4. The number of hydrogen-bond donors (Lipinski definition) is 1. The van der Waals surface area contributed by atoms with Crippen LogP contribution in [0.4, 0.5) is 11.4 Å². The van der Waals surface area contributed by atoms with Gasteiger partial charge < -0.3 is 10.0 Å². The van der Waals surface area contributed by atoms with Crippen LogP contribution in [-0.2, 0) is 4.79 Å². The molecule has 20 heavy (non-hydrogen) atoms. The summed E-state index contributed by atoms with van der Waals surface area (Å²) in [6, 6.07) is 6.37. The number of nitro benzene ring substituents is 1. The van der Waals surface area contributed by atoms with Gasteiger partial charge in [0, 0.05) is 30.9 Å². The van der Waals surface area contributed by atoms with Gasteiger partial charge >= 0.3 is 5.97 Å². The molecule has 0 bridgehead atoms. The van der Waals surface area contributed by atoms with E-state index in [0.717, 1.165) is 12.1 Å². The fourth-order valence-corrected chi connectivity index (χ4v) is 2.86. The lowest BCUT2D eigenvalue weighted by Gasteiger charge is -2.25. The predicted octanol–water partition coefficient (Wildman–Crippen LogP) is 2.68. The van der Waals surface area contributed by atoms with Crippen molar-refractivity contribution in [2.24, 2.45) is 5.41 Å². The van der Waals surface area contributed by atoms with Gasteiger partial charge in [0.05, 0.1) is 10.3 Å². The maximum atomic E-state index is 11.5. The molecule has 0 amide bonds. The first-order chi connectivity index (χ1) is 9.48. The molecule has 1 aromatic carbocycles. The van der Waals surface area contributed by atoms with Gasteiger partial charge in [0.15, 0.2) is 0 Å². The molecular weight excluding hydrogens is 260 g/mol. The van der Waals surface area contributed by atoms with Gasteiger partial charge in [0.1, 0.15) is 0 Å². The Bertz CT molecular complexity index is 532. The molecule has 1 aliphatic heterocycles. The van der Waals surface area contributed by atoms with Crippen molar-refractivity contribution in [3.8, 4) is 0 Å². The maximum absolute atomic E-state index is 11.5. The van der Waals surface area contributed by atoms with Crippen LogP contribution in [0.2, 0.25) is 0 Å². The summed E-state index contributed by atoms with van der Waals surface area (Å²) in [7, 11) is 0. The highest BCUT2D eigenvalue weighted by atomic mass is 16.6. The van der Waals surface area contributed by atoms with Crippen LogP contribution < -0.4 is 4.90 Å². The smallest absolute Gasteiger partial charge is 0.311 e. The number of carboxylic acid groups (broad SMARTS) is 1. The van der Waals surface area contributed by atoms with Crippen LogP contribution in [0.5, 0.6) is 0 Å². The summed E-state index contributed by atoms with van der Waals surface area (Å²) < 4.78 is 0. The van der Waals surface area contributed by atoms with Gasteiger partial charge in [0.25, 0.3) is 5.69 Å². The van der Waals surface area contributed by atoms with Crippen molar-refractivity contribution >= 4 is 17.3 Å². The second-order valence-corrected chi connectivity index (χ2v) is 5.28. The van der Waals surface area contributed by atoms with Gasteiger partial charge in [-0.3, -0.25) is 14.9 Å². The lowest BCUT2D eigenvalue weighted by molar-refractivity contribution is -0.384. The summed E-state index contributed by atoms with van der Waals surface area (Å²) >= 11 is 0. The average molecular weight is 278 g/mol. The van der Waals surface area contributed by atoms with E-state index in [2.05, 4.69) is 0 Å². The number of carboxylic acids is 1. The Kier molecular flexibility index (Phi) is 3.92. The fraction of sp³-hybridized carbons (Fsp3) is 0.500. The minimum Gasteiger partial charge on any atom is -0.481 e. The third kappa shape index (κ3) is 2.59. The van der Waals surface area contributed by atoms with Gasteiger partial charge in [-0.2, -0.15) is 0 Å². The van der Waals surface area contributed by atoms with E-state index in [9.17, 15) is 20.0 Å². The molecule has 6 heteroatoms. The van der Waals surface area contributed by atoms with Crippen LogP contribution >= 0.6 is 0 Å². The third-order valence-corrected chi connectivity index (χ3v) is 3.94. The molecule has 0 saturated carbocycles. The van der Waals surface area contributed by atoms with E-state index >= 15 is 0 Å². The van der Waals surface area contributed by atoms with Crippen LogP contribution in [0, 0.1) is 15.5 Å². The summed E-state index contributed by atoms with van der Waals surface area (Å²) in [4.78, 5) is 23.8. The number of non-ortho nitro benzene ring substituents is 1. The molecule has 108 valence electrons. The molecule has 1 aromatic rings. The van der Waals surface area contributed by atoms with E-state index in [-0.39, 0.29) is 5.69 Å². The highest BCUT2D eigenvalue weighted by Gasteiger charge is 2.44. The molecule has 1 aliphatic rings. The molecule has 1 heterocycles. The molecule has 1 saturated heterocycles. The van der Waals surface area contributed by atoms with Gasteiger partial charge in [0.2, 0.25) is 0 Å². The van der Waals surface area contributed by atoms with E-state index in [1.54, 1.807) is 12.1 Å². The minimum atomic E-state index is -0.771. The average Bonchev–Trinajstić information content (AvgIpc) is 2.85.